The van der Waals surface area contributed by atoms with E-state index in [4.69, 9.17) is 21.8 Å². The summed E-state index contributed by atoms with van der Waals surface area (Å²) in [5, 5.41) is 0.324. The highest BCUT2D eigenvalue weighted by molar-refractivity contribution is 7.89. The third kappa shape index (κ3) is 2.91. The molecule has 0 radical (unpaired) electrons. The molecule has 0 atom stereocenters. The Kier molecular flexibility index (Phi) is 3.84. The van der Waals surface area contributed by atoms with Crippen LogP contribution in [0.25, 0.3) is 0 Å². The summed E-state index contributed by atoms with van der Waals surface area (Å²) in [5.41, 5.74) is 6.63. The van der Waals surface area contributed by atoms with Gasteiger partial charge in [-0.2, -0.15) is 4.31 Å². The Morgan fingerprint density at radius 1 is 1.37 bits per heavy atom. The molecular weight excluding hydrogens is 288 g/mol. The molecule has 0 spiro atoms. The Balaban J connectivity index is 2.33. The van der Waals surface area contributed by atoms with Crippen LogP contribution < -0.4 is 5.73 Å². The Morgan fingerprint density at radius 3 is 2.74 bits per heavy atom. The lowest BCUT2D eigenvalue weighted by atomic mass is 10.3. The molecule has 0 unspecified atom stereocenters. The quantitative estimate of drug-likeness (QED) is 0.879. The fourth-order valence-corrected chi connectivity index (χ4v) is 3.16. The van der Waals surface area contributed by atoms with Crippen molar-refractivity contribution < 1.29 is 12.8 Å². The molecule has 7 heteroatoms. The molecule has 0 fully saturated rings. The van der Waals surface area contributed by atoms with Gasteiger partial charge < -0.3 is 10.2 Å². The SMILES string of the molecule is CN(Cc1ccoc1)S(=O)(=O)c1cc(Cl)ccc1N. The number of sulfonamides is 1. The van der Waals surface area contributed by atoms with E-state index in [2.05, 4.69) is 0 Å². The molecule has 0 aliphatic rings. The molecule has 0 amide bonds. The van der Waals surface area contributed by atoms with Gasteiger partial charge in [-0.05, 0) is 24.3 Å². The number of nitrogen functional groups attached to an aromatic ring is 1. The van der Waals surface area contributed by atoms with Gasteiger partial charge in [0.1, 0.15) is 4.90 Å². The van der Waals surface area contributed by atoms with Gasteiger partial charge in [-0.15, -0.1) is 0 Å². The lowest BCUT2D eigenvalue weighted by molar-refractivity contribution is 0.463. The first-order chi connectivity index (χ1) is 8.91. The second-order valence-corrected chi connectivity index (χ2v) is 6.52. The summed E-state index contributed by atoms with van der Waals surface area (Å²) in [5.74, 6) is 0. The number of hydrogen-bond donors (Lipinski definition) is 1. The molecule has 2 rings (SSSR count). The lowest BCUT2D eigenvalue weighted by Gasteiger charge is -2.17. The van der Waals surface area contributed by atoms with Crippen molar-refractivity contribution in [1.29, 1.82) is 0 Å². The van der Waals surface area contributed by atoms with E-state index in [0.29, 0.717) is 5.02 Å². The van der Waals surface area contributed by atoms with Crippen LogP contribution in [0, 0.1) is 0 Å². The number of furan rings is 1. The summed E-state index contributed by atoms with van der Waals surface area (Å²) in [6.45, 7) is 0.199. The van der Waals surface area contributed by atoms with Crippen LogP contribution in [0.2, 0.25) is 5.02 Å². The van der Waals surface area contributed by atoms with Gasteiger partial charge in [-0.1, -0.05) is 11.6 Å². The van der Waals surface area contributed by atoms with Gasteiger partial charge in [-0.3, -0.25) is 0 Å². The predicted octanol–water partition coefficient (Wildman–Crippen LogP) is 2.34. The van der Waals surface area contributed by atoms with Crippen molar-refractivity contribution in [3.8, 4) is 0 Å². The second kappa shape index (κ2) is 5.24. The Labute approximate surface area is 116 Å². The zero-order chi connectivity index (χ0) is 14.0. The van der Waals surface area contributed by atoms with Gasteiger partial charge in [0.05, 0.1) is 18.2 Å². The molecule has 1 aromatic carbocycles. The third-order valence-corrected chi connectivity index (χ3v) is 4.74. The third-order valence-electron chi connectivity index (χ3n) is 2.65. The molecule has 0 saturated carbocycles. The van der Waals surface area contributed by atoms with Crippen molar-refractivity contribution in [1.82, 2.24) is 4.31 Å². The molecule has 102 valence electrons. The topological polar surface area (TPSA) is 76.5 Å². The molecule has 1 aromatic heterocycles. The monoisotopic (exact) mass is 300 g/mol. The van der Waals surface area contributed by atoms with E-state index in [-0.39, 0.29) is 17.1 Å². The smallest absolute Gasteiger partial charge is 0.245 e. The summed E-state index contributed by atoms with van der Waals surface area (Å²) in [4.78, 5) is 0.00555. The fraction of sp³-hybridized carbons (Fsp3) is 0.167. The lowest BCUT2D eigenvalue weighted by Crippen LogP contribution is -2.27. The summed E-state index contributed by atoms with van der Waals surface area (Å²) in [7, 11) is -2.21. The average Bonchev–Trinajstić information content (AvgIpc) is 2.85. The van der Waals surface area contributed by atoms with Gasteiger partial charge in [0, 0.05) is 24.2 Å². The molecule has 19 heavy (non-hydrogen) atoms. The minimum atomic E-state index is -3.69. The van der Waals surface area contributed by atoms with Crippen LogP contribution in [-0.4, -0.2) is 19.8 Å². The Hall–Kier alpha value is -1.50. The highest BCUT2D eigenvalue weighted by atomic mass is 35.5. The minimum Gasteiger partial charge on any atom is -0.472 e. The number of hydrogen-bond acceptors (Lipinski definition) is 4. The largest absolute Gasteiger partial charge is 0.472 e. The molecule has 5 nitrogen and oxygen atoms in total. The van der Waals surface area contributed by atoms with Crippen molar-refractivity contribution in [2.24, 2.45) is 0 Å². The fourth-order valence-electron chi connectivity index (χ4n) is 1.62. The Bertz CT molecular complexity index is 668. The van der Waals surface area contributed by atoms with Crippen LogP contribution in [-0.2, 0) is 16.6 Å². The molecular formula is C12H13ClN2O3S. The zero-order valence-corrected chi connectivity index (χ0v) is 11.8. The molecule has 2 N–H and O–H groups in total. The molecule has 1 heterocycles. The second-order valence-electron chi connectivity index (χ2n) is 4.07. The highest BCUT2D eigenvalue weighted by Gasteiger charge is 2.24. The average molecular weight is 301 g/mol. The predicted molar refractivity (Wildman–Crippen MR) is 73.2 cm³/mol. The van der Waals surface area contributed by atoms with E-state index >= 15 is 0 Å². The van der Waals surface area contributed by atoms with Gasteiger partial charge in [-0.25, -0.2) is 8.42 Å². The molecule has 0 aliphatic carbocycles. The standard InChI is InChI=1S/C12H13ClN2O3S/c1-15(7-9-4-5-18-8-9)19(16,17)12-6-10(13)2-3-11(12)14/h2-6,8H,7,14H2,1H3. The summed E-state index contributed by atoms with van der Waals surface area (Å²) in [6.07, 6.45) is 2.98. The van der Waals surface area contributed by atoms with E-state index in [9.17, 15) is 8.42 Å². The van der Waals surface area contributed by atoms with E-state index in [1.807, 2.05) is 0 Å². The highest BCUT2D eigenvalue weighted by Crippen LogP contribution is 2.26. The maximum atomic E-state index is 12.4. The van der Waals surface area contributed by atoms with Crippen LogP contribution in [0.4, 0.5) is 5.69 Å². The maximum Gasteiger partial charge on any atom is 0.245 e. The van der Waals surface area contributed by atoms with E-state index in [0.717, 1.165) is 5.56 Å². The van der Waals surface area contributed by atoms with Crippen molar-refractivity contribution in [2.45, 2.75) is 11.4 Å². The first kappa shape index (κ1) is 13.9. The molecule has 0 bridgehead atoms. The summed E-state index contributed by atoms with van der Waals surface area (Å²) >= 11 is 5.82. The molecule has 0 aliphatic heterocycles. The zero-order valence-electron chi connectivity index (χ0n) is 10.2. The summed E-state index contributed by atoms with van der Waals surface area (Å²) < 4.78 is 30.9. The van der Waals surface area contributed by atoms with Crippen molar-refractivity contribution in [2.75, 3.05) is 12.8 Å². The minimum absolute atomic E-state index is 0.00555. The summed E-state index contributed by atoms with van der Waals surface area (Å²) in [6, 6.07) is 6.07. The number of halogens is 1. The van der Waals surface area contributed by atoms with E-state index in [1.165, 1.54) is 36.0 Å². The molecule has 0 saturated heterocycles. The van der Waals surface area contributed by atoms with E-state index < -0.39 is 10.0 Å². The van der Waals surface area contributed by atoms with Crippen LogP contribution in [0.1, 0.15) is 5.56 Å². The van der Waals surface area contributed by atoms with Gasteiger partial charge in [0.25, 0.3) is 0 Å². The normalized spacial score (nSPS) is 11.9. The number of anilines is 1. The van der Waals surface area contributed by atoms with Crippen molar-refractivity contribution >= 4 is 27.3 Å². The number of benzene rings is 1. The van der Waals surface area contributed by atoms with Crippen LogP contribution in [0.3, 0.4) is 0 Å². The van der Waals surface area contributed by atoms with Gasteiger partial charge in [0.2, 0.25) is 10.0 Å². The number of nitrogens with zero attached hydrogens (tertiary/aromatic N) is 1. The van der Waals surface area contributed by atoms with Crippen LogP contribution in [0.15, 0.2) is 46.1 Å². The molecule has 2 aromatic rings. The maximum absolute atomic E-state index is 12.4. The first-order valence-corrected chi connectivity index (χ1v) is 7.25. The van der Waals surface area contributed by atoms with Crippen molar-refractivity contribution in [3.05, 3.63) is 47.4 Å². The first-order valence-electron chi connectivity index (χ1n) is 5.43. The van der Waals surface area contributed by atoms with Crippen LogP contribution >= 0.6 is 11.6 Å². The van der Waals surface area contributed by atoms with Crippen LogP contribution in [0.5, 0.6) is 0 Å². The van der Waals surface area contributed by atoms with E-state index in [1.54, 1.807) is 12.1 Å². The number of rotatable bonds is 4. The van der Waals surface area contributed by atoms with Gasteiger partial charge in [0.15, 0.2) is 0 Å². The van der Waals surface area contributed by atoms with Crippen molar-refractivity contribution in [3.63, 3.8) is 0 Å². The van der Waals surface area contributed by atoms with Gasteiger partial charge >= 0.3 is 0 Å². The number of nitrogens with two attached hydrogens (primary N) is 1. The Morgan fingerprint density at radius 2 is 2.11 bits per heavy atom.